The van der Waals surface area contributed by atoms with Gasteiger partial charge in [0, 0.05) is 18.1 Å². The van der Waals surface area contributed by atoms with Crippen molar-refractivity contribution in [3.8, 4) is 0 Å². The fourth-order valence-electron chi connectivity index (χ4n) is 3.38. The topological polar surface area (TPSA) is 146 Å². The predicted octanol–water partition coefficient (Wildman–Crippen LogP) is -0.274. The molecule has 1 aromatic heterocycles. The maximum atomic E-state index is 12.6. The van der Waals surface area contributed by atoms with Crippen LogP contribution in [0.2, 0.25) is 0 Å². The number of pyridine rings is 1. The number of carbonyl (C=O) groups is 5. The first-order valence-corrected chi connectivity index (χ1v) is 9.33. The number of aromatic nitrogens is 1. The number of ketones is 1. The van der Waals surface area contributed by atoms with E-state index in [1.807, 2.05) is 5.32 Å². The second kappa shape index (κ2) is 9.12. The van der Waals surface area contributed by atoms with Gasteiger partial charge in [0.2, 0.25) is 11.7 Å². The molecule has 1 unspecified atom stereocenters. The van der Waals surface area contributed by atoms with Crippen molar-refractivity contribution in [1.82, 2.24) is 20.5 Å². The maximum Gasteiger partial charge on any atom is 0.322 e. The maximum absolute atomic E-state index is 12.6. The molecule has 3 rings (SSSR count). The van der Waals surface area contributed by atoms with Gasteiger partial charge in [-0.1, -0.05) is 18.2 Å². The van der Waals surface area contributed by atoms with E-state index in [0.29, 0.717) is 29.3 Å². The Morgan fingerprint density at radius 2 is 1.83 bits per heavy atom. The molecule has 0 saturated carbocycles. The Labute approximate surface area is 171 Å². The summed E-state index contributed by atoms with van der Waals surface area (Å²) in [7, 11) is 0. The van der Waals surface area contributed by atoms with E-state index in [1.54, 1.807) is 30.3 Å². The lowest BCUT2D eigenvalue weighted by Gasteiger charge is -2.23. The number of nitrogens with one attached hydrogen (secondary N) is 2. The van der Waals surface area contributed by atoms with Crippen LogP contribution >= 0.6 is 0 Å². The van der Waals surface area contributed by atoms with Gasteiger partial charge >= 0.3 is 5.97 Å². The summed E-state index contributed by atoms with van der Waals surface area (Å²) in [5, 5.41) is 13.8. The fourth-order valence-corrected chi connectivity index (χ4v) is 3.38. The van der Waals surface area contributed by atoms with Crippen molar-refractivity contribution in [2.45, 2.75) is 18.9 Å². The van der Waals surface area contributed by atoms with E-state index in [-0.39, 0.29) is 13.1 Å². The highest BCUT2D eigenvalue weighted by molar-refractivity contribution is 6.38. The minimum Gasteiger partial charge on any atom is -0.480 e. The summed E-state index contributed by atoms with van der Waals surface area (Å²) in [6, 6.07) is 7.69. The second-order valence-electron chi connectivity index (χ2n) is 6.74. The van der Waals surface area contributed by atoms with Gasteiger partial charge in [-0.2, -0.15) is 0 Å². The monoisotopic (exact) mass is 412 g/mol. The Morgan fingerprint density at radius 3 is 2.60 bits per heavy atom. The number of Topliss-reactive ketones (excluding diaryl/α,β-unsaturated/α-hetero) is 1. The minimum absolute atomic E-state index is 0.273. The quantitative estimate of drug-likeness (QED) is 0.531. The van der Waals surface area contributed by atoms with E-state index < -0.39 is 42.1 Å². The molecule has 1 aliphatic rings. The number of amides is 3. The van der Waals surface area contributed by atoms with Gasteiger partial charge in [-0.25, -0.2) is 0 Å². The van der Waals surface area contributed by atoms with Crippen LogP contribution in [0, 0.1) is 0 Å². The minimum atomic E-state index is -1.28. The van der Waals surface area contributed by atoms with Crippen molar-refractivity contribution < 1.29 is 29.1 Å². The molecule has 10 heteroatoms. The van der Waals surface area contributed by atoms with Gasteiger partial charge < -0.3 is 20.6 Å². The van der Waals surface area contributed by atoms with Crippen molar-refractivity contribution in [3.05, 3.63) is 42.1 Å². The van der Waals surface area contributed by atoms with E-state index in [2.05, 4.69) is 10.3 Å². The SMILES string of the molecule is O=C(O)CNC(=O)C(=O)C1CCCN1C(=O)CNC(=O)c1ccnc2ccccc12. The number of carboxylic acid groups (broad SMARTS) is 1. The second-order valence-corrected chi connectivity index (χ2v) is 6.74. The molecule has 30 heavy (non-hydrogen) atoms. The first-order chi connectivity index (χ1) is 14.4. The van der Waals surface area contributed by atoms with Crippen molar-refractivity contribution >= 4 is 40.4 Å². The molecule has 0 bridgehead atoms. The van der Waals surface area contributed by atoms with E-state index in [9.17, 15) is 24.0 Å². The molecule has 3 N–H and O–H groups in total. The first-order valence-electron chi connectivity index (χ1n) is 9.33. The van der Waals surface area contributed by atoms with Gasteiger partial charge in [-0.15, -0.1) is 0 Å². The van der Waals surface area contributed by atoms with E-state index in [0.717, 1.165) is 0 Å². The third-order valence-corrected chi connectivity index (χ3v) is 4.79. The number of para-hydroxylation sites is 1. The van der Waals surface area contributed by atoms with Crippen LogP contribution in [-0.4, -0.2) is 70.1 Å². The Balaban J connectivity index is 1.62. The van der Waals surface area contributed by atoms with Crippen molar-refractivity contribution in [2.24, 2.45) is 0 Å². The Bertz CT molecular complexity index is 1020. The van der Waals surface area contributed by atoms with Crippen LogP contribution in [0.1, 0.15) is 23.2 Å². The van der Waals surface area contributed by atoms with Crippen LogP contribution in [0.3, 0.4) is 0 Å². The molecule has 0 radical (unpaired) electrons. The van der Waals surface area contributed by atoms with Gasteiger partial charge in [0.05, 0.1) is 17.6 Å². The molecule has 1 aromatic carbocycles. The number of carboxylic acids is 1. The molecule has 0 aliphatic carbocycles. The summed E-state index contributed by atoms with van der Waals surface area (Å²) in [5.41, 5.74) is 1.02. The third kappa shape index (κ3) is 4.59. The molecule has 2 aromatic rings. The fraction of sp³-hybridized carbons (Fsp3) is 0.300. The molecule has 1 aliphatic heterocycles. The highest BCUT2D eigenvalue weighted by atomic mass is 16.4. The zero-order chi connectivity index (χ0) is 21.7. The molecular formula is C20H20N4O6. The number of benzene rings is 1. The number of hydrogen-bond donors (Lipinski definition) is 3. The van der Waals surface area contributed by atoms with Crippen LogP contribution in [0.25, 0.3) is 10.9 Å². The van der Waals surface area contributed by atoms with Gasteiger partial charge in [0.1, 0.15) is 12.6 Å². The Morgan fingerprint density at radius 1 is 1.07 bits per heavy atom. The molecule has 156 valence electrons. The van der Waals surface area contributed by atoms with Crippen LogP contribution in [0.15, 0.2) is 36.5 Å². The standard InChI is InChI=1S/C20H20N4O6/c25-16(24-9-3-6-15(24)18(28)20(30)23-11-17(26)27)10-22-19(29)13-7-8-21-14-5-2-1-4-12(13)14/h1-2,4-5,7-8,15H,3,6,9-11H2,(H,22,29)(H,23,30)(H,26,27). The largest absolute Gasteiger partial charge is 0.480 e. The zero-order valence-electron chi connectivity index (χ0n) is 16.0. The van der Waals surface area contributed by atoms with Crippen molar-refractivity contribution in [3.63, 3.8) is 0 Å². The van der Waals surface area contributed by atoms with Crippen molar-refractivity contribution in [1.29, 1.82) is 0 Å². The average molecular weight is 412 g/mol. The summed E-state index contributed by atoms with van der Waals surface area (Å²) in [4.78, 5) is 65.2. The molecule has 1 fully saturated rings. The number of nitrogens with zero attached hydrogens (tertiary/aromatic N) is 2. The molecule has 0 spiro atoms. The summed E-state index contributed by atoms with van der Waals surface area (Å²) in [6.07, 6.45) is 2.33. The van der Waals surface area contributed by atoms with E-state index in [4.69, 9.17) is 5.11 Å². The molecule has 1 saturated heterocycles. The van der Waals surface area contributed by atoms with Crippen LogP contribution < -0.4 is 10.6 Å². The Hall–Kier alpha value is -3.82. The third-order valence-electron chi connectivity index (χ3n) is 4.79. The number of aliphatic carboxylic acids is 1. The van der Waals surface area contributed by atoms with E-state index >= 15 is 0 Å². The molecule has 3 amide bonds. The van der Waals surface area contributed by atoms with Gasteiger partial charge in [-0.3, -0.25) is 29.0 Å². The van der Waals surface area contributed by atoms with Crippen molar-refractivity contribution in [2.75, 3.05) is 19.6 Å². The smallest absolute Gasteiger partial charge is 0.322 e. The summed E-state index contributed by atoms with van der Waals surface area (Å²) >= 11 is 0. The number of rotatable bonds is 7. The zero-order valence-corrected chi connectivity index (χ0v) is 16.0. The summed E-state index contributed by atoms with van der Waals surface area (Å²) < 4.78 is 0. The molecule has 1 atom stereocenters. The van der Waals surface area contributed by atoms with Gasteiger partial charge in [0.25, 0.3) is 11.8 Å². The average Bonchev–Trinajstić information content (AvgIpc) is 3.24. The predicted molar refractivity (Wildman–Crippen MR) is 104 cm³/mol. The number of fused-ring (bicyclic) bond motifs is 1. The Kier molecular flexibility index (Phi) is 6.35. The van der Waals surface area contributed by atoms with Crippen LogP contribution in [-0.2, 0) is 19.2 Å². The lowest BCUT2D eigenvalue weighted by Crippen LogP contribution is -2.49. The van der Waals surface area contributed by atoms with Crippen LogP contribution in [0.5, 0.6) is 0 Å². The first kappa shape index (κ1) is 20.9. The lowest BCUT2D eigenvalue weighted by atomic mass is 10.1. The molecular weight excluding hydrogens is 392 g/mol. The highest BCUT2D eigenvalue weighted by Crippen LogP contribution is 2.19. The molecule has 10 nitrogen and oxygen atoms in total. The molecule has 2 heterocycles. The summed E-state index contributed by atoms with van der Waals surface area (Å²) in [6.45, 7) is -0.743. The highest BCUT2D eigenvalue weighted by Gasteiger charge is 2.37. The normalized spacial score (nSPS) is 15.6. The van der Waals surface area contributed by atoms with Gasteiger partial charge in [-0.05, 0) is 25.0 Å². The summed E-state index contributed by atoms with van der Waals surface area (Å²) in [5.74, 6) is -4.14. The van der Waals surface area contributed by atoms with Gasteiger partial charge in [0.15, 0.2) is 0 Å². The lowest BCUT2D eigenvalue weighted by molar-refractivity contribution is -0.145. The number of carbonyl (C=O) groups excluding carboxylic acids is 4. The van der Waals surface area contributed by atoms with E-state index in [1.165, 1.54) is 11.1 Å². The van der Waals surface area contributed by atoms with Crippen LogP contribution in [0.4, 0.5) is 0 Å². The number of likely N-dealkylation sites (tertiary alicyclic amines) is 1. The number of hydrogen-bond acceptors (Lipinski definition) is 6.